The standard InChI is InChI=1S/C22H30O2Si2.CH4/c25-21(15-7-9-17-23-21)22(16-8-10-18-24-22)26(19-11-3-1-4-12-19)20-13-5-2-6-14-20;/h1-6,11-14,26H,7-10,15-18H2,25H3;1H4. The summed E-state index contributed by atoms with van der Waals surface area (Å²) in [5.74, 6) is 0. The van der Waals surface area contributed by atoms with E-state index in [1.807, 2.05) is 0 Å². The molecule has 2 aliphatic rings. The first-order chi connectivity index (χ1) is 12.8. The largest absolute Gasteiger partial charge is 0.377 e. The third-order valence-corrected chi connectivity index (χ3v) is 12.7. The Morgan fingerprint density at radius 1 is 0.704 bits per heavy atom. The Morgan fingerprint density at radius 2 is 1.22 bits per heavy atom. The molecule has 0 radical (unpaired) electrons. The fraction of sp³-hybridized carbons (Fsp3) is 0.478. The molecular weight excluding hydrogens is 364 g/mol. The Hall–Kier alpha value is -1.21. The second-order valence-electron chi connectivity index (χ2n) is 7.99. The first-order valence-electron chi connectivity index (χ1n) is 10.1. The van der Waals surface area contributed by atoms with Gasteiger partial charge in [-0.3, -0.25) is 0 Å². The van der Waals surface area contributed by atoms with E-state index < -0.39 is 8.80 Å². The van der Waals surface area contributed by atoms with E-state index in [4.69, 9.17) is 9.47 Å². The molecule has 2 nitrogen and oxygen atoms in total. The maximum atomic E-state index is 6.85. The molecule has 27 heavy (non-hydrogen) atoms. The zero-order chi connectivity index (χ0) is 17.9. The first kappa shape index (κ1) is 20.5. The second-order valence-corrected chi connectivity index (χ2v) is 12.7. The summed E-state index contributed by atoms with van der Waals surface area (Å²) < 4.78 is 13.5. The molecule has 2 unspecified atom stereocenters. The lowest BCUT2D eigenvalue weighted by Gasteiger charge is -2.55. The van der Waals surface area contributed by atoms with Gasteiger partial charge in [-0.25, -0.2) is 0 Å². The highest BCUT2D eigenvalue weighted by atomic mass is 28.3. The summed E-state index contributed by atoms with van der Waals surface area (Å²) in [6.45, 7) is 1.79. The summed E-state index contributed by atoms with van der Waals surface area (Å²) in [6.07, 6.45) is 7.24. The molecule has 4 heteroatoms. The van der Waals surface area contributed by atoms with Gasteiger partial charge in [-0.2, -0.15) is 0 Å². The summed E-state index contributed by atoms with van der Waals surface area (Å²) in [5.41, 5.74) is 0. The molecule has 2 aliphatic heterocycles. The number of rotatable bonds is 4. The highest BCUT2D eigenvalue weighted by molar-refractivity contribution is 6.88. The Balaban J connectivity index is 0.00000210. The summed E-state index contributed by atoms with van der Waals surface area (Å²) in [5, 5.41) is 2.82. The van der Waals surface area contributed by atoms with Crippen LogP contribution in [0.1, 0.15) is 46.0 Å². The van der Waals surface area contributed by atoms with E-state index in [0.29, 0.717) is 0 Å². The quantitative estimate of drug-likeness (QED) is 0.737. The van der Waals surface area contributed by atoms with Gasteiger partial charge in [0.15, 0.2) is 0 Å². The number of hydrogen-bond acceptors (Lipinski definition) is 2. The predicted octanol–water partition coefficient (Wildman–Crippen LogP) is 2.40. The summed E-state index contributed by atoms with van der Waals surface area (Å²) in [7, 11) is -0.588. The molecule has 2 heterocycles. The van der Waals surface area contributed by atoms with Crippen LogP contribution in [-0.4, -0.2) is 42.7 Å². The van der Waals surface area contributed by atoms with E-state index in [0.717, 1.165) is 29.9 Å². The molecule has 0 N–H and O–H groups in total. The van der Waals surface area contributed by atoms with E-state index in [9.17, 15) is 0 Å². The van der Waals surface area contributed by atoms with Crippen molar-refractivity contribution in [2.75, 3.05) is 13.2 Å². The second kappa shape index (κ2) is 8.86. The number of benzene rings is 2. The lowest BCUT2D eigenvalue weighted by Crippen LogP contribution is -2.74. The minimum Gasteiger partial charge on any atom is -0.377 e. The SMILES string of the molecule is C.[SiH3]C1(C2([SiH](c3ccccc3)c3ccccc3)CCCCO2)CCCCO1. The average Bonchev–Trinajstić information content (AvgIpc) is 2.71. The third kappa shape index (κ3) is 3.86. The van der Waals surface area contributed by atoms with Crippen LogP contribution in [0.15, 0.2) is 60.7 Å². The summed E-state index contributed by atoms with van der Waals surface area (Å²) in [6, 6.07) is 22.3. The van der Waals surface area contributed by atoms with Gasteiger partial charge < -0.3 is 9.47 Å². The average molecular weight is 399 g/mol. The van der Waals surface area contributed by atoms with Crippen molar-refractivity contribution >= 4 is 29.4 Å². The van der Waals surface area contributed by atoms with E-state index in [-0.39, 0.29) is 17.9 Å². The lowest BCUT2D eigenvalue weighted by molar-refractivity contribution is -0.159. The molecule has 2 fully saturated rings. The highest BCUT2D eigenvalue weighted by Gasteiger charge is 2.57. The molecule has 2 aromatic carbocycles. The topological polar surface area (TPSA) is 18.5 Å². The highest BCUT2D eigenvalue weighted by Crippen LogP contribution is 2.42. The molecule has 0 aromatic heterocycles. The zero-order valence-electron chi connectivity index (χ0n) is 15.8. The zero-order valence-corrected chi connectivity index (χ0v) is 19.0. The van der Waals surface area contributed by atoms with E-state index in [1.54, 1.807) is 0 Å². The molecule has 0 saturated carbocycles. The molecule has 146 valence electrons. The van der Waals surface area contributed by atoms with Gasteiger partial charge in [0.05, 0.1) is 10.4 Å². The van der Waals surface area contributed by atoms with Crippen molar-refractivity contribution < 1.29 is 9.47 Å². The fourth-order valence-electron chi connectivity index (χ4n) is 5.06. The van der Waals surface area contributed by atoms with Crippen molar-refractivity contribution in [3.8, 4) is 0 Å². The van der Waals surface area contributed by atoms with Crippen molar-refractivity contribution in [1.29, 1.82) is 0 Å². The lowest BCUT2D eigenvalue weighted by atomic mass is 9.96. The van der Waals surface area contributed by atoms with Gasteiger partial charge >= 0.3 is 0 Å². The van der Waals surface area contributed by atoms with Crippen LogP contribution in [-0.2, 0) is 9.47 Å². The van der Waals surface area contributed by atoms with Crippen LogP contribution in [0.2, 0.25) is 0 Å². The van der Waals surface area contributed by atoms with E-state index in [2.05, 4.69) is 60.7 Å². The Morgan fingerprint density at radius 3 is 1.67 bits per heavy atom. The van der Waals surface area contributed by atoms with Crippen molar-refractivity contribution in [2.45, 2.75) is 56.4 Å². The van der Waals surface area contributed by atoms with Crippen molar-refractivity contribution in [3.63, 3.8) is 0 Å². The molecule has 0 aliphatic carbocycles. The van der Waals surface area contributed by atoms with Gasteiger partial charge in [-0.1, -0.05) is 78.5 Å². The maximum Gasteiger partial charge on any atom is 0.141 e. The molecule has 2 atom stereocenters. The minimum atomic E-state index is -1.62. The Kier molecular flexibility index (Phi) is 6.74. The van der Waals surface area contributed by atoms with Crippen molar-refractivity contribution in [2.24, 2.45) is 0 Å². The van der Waals surface area contributed by atoms with E-state index >= 15 is 0 Å². The molecule has 0 amide bonds. The molecule has 2 saturated heterocycles. The van der Waals surface area contributed by atoms with Crippen LogP contribution < -0.4 is 10.4 Å². The fourth-order valence-corrected chi connectivity index (χ4v) is 11.2. The minimum absolute atomic E-state index is 0. The molecular formula is C23H34O2Si2. The molecule has 0 bridgehead atoms. The van der Waals surface area contributed by atoms with Crippen LogP contribution in [0.4, 0.5) is 0 Å². The Bertz CT molecular complexity index is 653. The van der Waals surface area contributed by atoms with Crippen LogP contribution in [0.25, 0.3) is 0 Å². The van der Waals surface area contributed by atoms with Gasteiger partial charge in [-0.05, 0) is 38.5 Å². The molecule has 0 spiro atoms. The number of ether oxygens (including phenoxy) is 2. The van der Waals surface area contributed by atoms with Crippen LogP contribution in [0, 0.1) is 0 Å². The monoisotopic (exact) mass is 398 g/mol. The van der Waals surface area contributed by atoms with Crippen LogP contribution in [0.3, 0.4) is 0 Å². The van der Waals surface area contributed by atoms with Crippen LogP contribution in [0.5, 0.6) is 0 Å². The van der Waals surface area contributed by atoms with Gasteiger partial charge in [-0.15, -0.1) is 0 Å². The van der Waals surface area contributed by atoms with E-state index in [1.165, 1.54) is 42.5 Å². The molecule has 4 rings (SSSR count). The van der Waals surface area contributed by atoms with Crippen molar-refractivity contribution in [1.82, 2.24) is 0 Å². The Labute approximate surface area is 169 Å². The van der Waals surface area contributed by atoms with Gasteiger partial charge in [0.1, 0.15) is 8.80 Å². The van der Waals surface area contributed by atoms with Gasteiger partial charge in [0.25, 0.3) is 0 Å². The van der Waals surface area contributed by atoms with Gasteiger partial charge in [0, 0.05) is 23.5 Å². The summed E-state index contributed by atoms with van der Waals surface area (Å²) in [4.78, 5) is 0. The van der Waals surface area contributed by atoms with Gasteiger partial charge in [0.2, 0.25) is 0 Å². The summed E-state index contributed by atoms with van der Waals surface area (Å²) >= 11 is 0. The third-order valence-electron chi connectivity index (χ3n) is 6.40. The van der Waals surface area contributed by atoms with Crippen LogP contribution >= 0.6 is 0 Å². The first-order valence-corrected chi connectivity index (χ1v) is 12.9. The predicted molar refractivity (Wildman–Crippen MR) is 121 cm³/mol. The maximum absolute atomic E-state index is 6.85. The number of hydrogen-bond donors (Lipinski definition) is 0. The smallest absolute Gasteiger partial charge is 0.141 e. The normalized spacial score (nSPS) is 28.6. The molecule has 2 aromatic rings. The van der Waals surface area contributed by atoms with Crippen molar-refractivity contribution in [3.05, 3.63) is 60.7 Å².